The fourth-order valence-electron chi connectivity index (χ4n) is 5.42. The molecular formula is C31H40N6O5S. The van der Waals surface area contributed by atoms with Crippen LogP contribution in [0.1, 0.15) is 77.8 Å². The van der Waals surface area contributed by atoms with E-state index in [1.807, 2.05) is 26.8 Å². The molecule has 1 heterocycles. The molecule has 43 heavy (non-hydrogen) atoms. The molecule has 2 aliphatic rings. The maximum absolute atomic E-state index is 11.4. The number of rotatable bonds is 5. The van der Waals surface area contributed by atoms with Crippen LogP contribution in [0.5, 0.6) is 5.75 Å². The number of carbonyl (C=O) groups excluding carboxylic acids is 1. The van der Waals surface area contributed by atoms with Gasteiger partial charge in [-0.1, -0.05) is 33.1 Å². The number of fused-ring (bicyclic) bond motifs is 3. The highest BCUT2D eigenvalue weighted by Crippen LogP contribution is 2.48. The Morgan fingerprint density at radius 1 is 1.12 bits per heavy atom. The molecule has 1 aromatic heterocycles. The third kappa shape index (κ3) is 8.07. The first kappa shape index (κ1) is 31.9. The van der Waals surface area contributed by atoms with E-state index in [9.17, 15) is 20.0 Å². The monoisotopic (exact) mass is 608 g/mol. The largest absolute Gasteiger partial charge is 0.506 e. The van der Waals surface area contributed by atoms with E-state index >= 15 is 0 Å². The van der Waals surface area contributed by atoms with E-state index in [1.54, 1.807) is 18.2 Å². The van der Waals surface area contributed by atoms with Gasteiger partial charge in [0.15, 0.2) is 0 Å². The summed E-state index contributed by atoms with van der Waals surface area (Å²) < 4.78 is 8.40. The minimum atomic E-state index is -0.436. The zero-order valence-corrected chi connectivity index (χ0v) is 26.1. The Hall–Kier alpha value is -4.06. The number of aromatic hydroxyl groups is 1. The number of nitrogen functional groups attached to an aromatic ring is 1. The second-order valence-corrected chi connectivity index (χ2v) is 13.3. The summed E-state index contributed by atoms with van der Waals surface area (Å²) in [6.07, 6.45) is 7.76. The predicted molar refractivity (Wildman–Crippen MR) is 169 cm³/mol. The molecule has 0 atom stereocenters. The van der Waals surface area contributed by atoms with E-state index in [-0.39, 0.29) is 22.9 Å². The van der Waals surface area contributed by atoms with Gasteiger partial charge in [0.05, 0.1) is 16.3 Å². The van der Waals surface area contributed by atoms with Gasteiger partial charge in [-0.15, -0.1) is 0 Å². The summed E-state index contributed by atoms with van der Waals surface area (Å²) in [6.45, 7) is 9.80. The minimum Gasteiger partial charge on any atom is -0.506 e. The number of nitrogens with one attached hydrogen (secondary N) is 2. The van der Waals surface area contributed by atoms with Gasteiger partial charge >= 0.3 is 6.09 Å². The lowest BCUT2D eigenvalue weighted by Gasteiger charge is -2.35. The van der Waals surface area contributed by atoms with Crippen LogP contribution < -0.4 is 15.8 Å². The van der Waals surface area contributed by atoms with Crippen LogP contribution in [0.4, 0.5) is 22.0 Å². The summed E-state index contributed by atoms with van der Waals surface area (Å²) in [6, 6.07) is 10.0. The standard InChI is InChI=1S/C20H19N5O3S.C11H21NO2/c1-20(2)9-14-13(18-16(20)19(21)23-10-22-18)7-8-15(26)17(14)24-29-12-5-3-11(4-6-12)25(27)28;1-11(2,3)14-10(13)12-9-7-5-4-6-8-9/h3-8,10,24,26H,9H2,1-2H3,(H2,21,22,23);9H,4-8H2,1-3H3,(H,12,13). The van der Waals surface area contributed by atoms with E-state index < -0.39 is 10.5 Å². The molecule has 0 bridgehead atoms. The molecule has 1 amide bonds. The van der Waals surface area contributed by atoms with E-state index in [1.165, 1.54) is 49.7 Å². The number of non-ortho nitro benzene ring substituents is 1. The maximum atomic E-state index is 11.4. The SMILES string of the molecule is CC(C)(C)OC(=O)NC1CCCCC1.CC1(C)Cc2c(ccc(O)c2NSc2ccc([N+](=O)[O-])cc2)-c2ncnc(N)c21. The lowest BCUT2D eigenvalue weighted by atomic mass is 9.71. The van der Waals surface area contributed by atoms with E-state index in [0.29, 0.717) is 24.0 Å². The molecule has 2 aliphatic carbocycles. The number of nitro groups is 1. The molecular weight excluding hydrogens is 568 g/mol. The number of nitrogens with two attached hydrogens (primary N) is 1. The van der Waals surface area contributed by atoms with Gasteiger partial charge in [-0.2, -0.15) is 0 Å². The molecule has 0 saturated heterocycles. The number of alkyl carbamates (subject to hydrolysis) is 1. The van der Waals surface area contributed by atoms with Crippen molar-refractivity contribution in [1.82, 2.24) is 15.3 Å². The van der Waals surface area contributed by atoms with Crippen LogP contribution in [0.25, 0.3) is 11.3 Å². The van der Waals surface area contributed by atoms with Crippen LogP contribution in [0.2, 0.25) is 0 Å². The van der Waals surface area contributed by atoms with E-state index in [4.69, 9.17) is 10.5 Å². The third-order valence-electron chi connectivity index (χ3n) is 7.36. The van der Waals surface area contributed by atoms with Crippen molar-refractivity contribution in [3.63, 3.8) is 0 Å². The summed E-state index contributed by atoms with van der Waals surface area (Å²) in [5, 5.41) is 24.2. The lowest BCUT2D eigenvalue weighted by molar-refractivity contribution is -0.384. The average Bonchev–Trinajstić information content (AvgIpc) is 2.92. The molecule has 0 aliphatic heterocycles. The molecule has 1 fully saturated rings. The highest BCUT2D eigenvalue weighted by molar-refractivity contribution is 8.00. The van der Waals surface area contributed by atoms with Crippen LogP contribution in [0.3, 0.4) is 0 Å². The Balaban J connectivity index is 0.000000255. The topological polar surface area (TPSA) is 166 Å². The van der Waals surface area contributed by atoms with Gasteiger partial charge in [-0.3, -0.25) is 10.1 Å². The van der Waals surface area contributed by atoms with Gasteiger partial charge in [-0.05, 0) is 87.2 Å². The summed E-state index contributed by atoms with van der Waals surface area (Å²) >= 11 is 1.28. The molecule has 3 aromatic rings. The Kier molecular flexibility index (Phi) is 9.69. The number of benzene rings is 2. The highest BCUT2D eigenvalue weighted by atomic mass is 32.2. The van der Waals surface area contributed by atoms with Crippen LogP contribution >= 0.6 is 11.9 Å². The summed E-state index contributed by atoms with van der Waals surface area (Å²) in [7, 11) is 0. The molecule has 5 N–H and O–H groups in total. The molecule has 0 radical (unpaired) electrons. The number of aromatic nitrogens is 2. The van der Waals surface area contributed by atoms with E-state index in [0.717, 1.165) is 40.1 Å². The molecule has 12 heteroatoms. The number of carbonyl (C=O) groups is 1. The first-order valence-electron chi connectivity index (χ1n) is 14.4. The van der Waals surface area contributed by atoms with Gasteiger partial charge in [-0.25, -0.2) is 14.8 Å². The van der Waals surface area contributed by atoms with Crippen LogP contribution in [-0.2, 0) is 16.6 Å². The molecule has 230 valence electrons. The average molecular weight is 609 g/mol. The number of nitrogens with zero attached hydrogens (tertiary/aromatic N) is 3. The molecule has 1 saturated carbocycles. The Morgan fingerprint density at radius 2 is 1.79 bits per heavy atom. The number of hydrogen-bond donors (Lipinski definition) is 4. The van der Waals surface area contributed by atoms with Gasteiger partial charge in [0.1, 0.15) is 23.5 Å². The fourth-order valence-corrected chi connectivity index (χ4v) is 6.14. The molecule has 11 nitrogen and oxygen atoms in total. The molecule has 0 unspecified atom stereocenters. The summed E-state index contributed by atoms with van der Waals surface area (Å²) in [4.78, 5) is 31.2. The quantitative estimate of drug-likeness (QED) is 0.101. The zero-order chi connectivity index (χ0) is 31.4. The van der Waals surface area contributed by atoms with Gasteiger partial charge in [0, 0.05) is 34.2 Å². The normalized spacial score (nSPS) is 15.7. The van der Waals surface area contributed by atoms with Crippen molar-refractivity contribution in [2.45, 2.75) is 95.1 Å². The molecule has 0 spiro atoms. The van der Waals surface area contributed by atoms with Crippen molar-refractivity contribution < 1.29 is 19.6 Å². The predicted octanol–water partition coefficient (Wildman–Crippen LogP) is 7.14. The molecule has 2 aromatic carbocycles. The lowest BCUT2D eigenvalue weighted by Crippen LogP contribution is -2.39. The van der Waals surface area contributed by atoms with Crippen LogP contribution in [-0.4, -0.2) is 37.7 Å². The number of anilines is 2. The maximum Gasteiger partial charge on any atom is 0.407 e. The first-order valence-corrected chi connectivity index (χ1v) is 15.2. The van der Waals surface area contributed by atoms with Crippen molar-refractivity contribution in [2.75, 3.05) is 10.5 Å². The second-order valence-electron chi connectivity index (χ2n) is 12.5. The van der Waals surface area contributed by atoms with Crippen molar-refractivity contribution in [3.8, 4) is 17.0 Å². The fraction of sp³-hybridized carbons (Fsp3) is 0.452. The van der Waals surface area contributed by atoms with E-state index in [2.05, 4.69) is 33.9 Å². The zero-order valence-electron chi connectivity index (χ0n) is 25.3. The Bertz CT molecular complexity index is 1470. The number of phenols is 1. The number of ether oxygens (including phenoxy) is 1. The number of nitro benzene ring substituents is 1. The van der Waals surface area contributed by atoms with Gasteiger partial charge in [0.2, 0.25) is 0 Å². The number of phenolic OH excluding ortho intramolecular Hbond substituents is 1. The third-order valence-corrected chi connectivity index (χ3v) is 8.18. The Labute approximate surface area is 256 Å². The first-order chi connectivity index (χ1) is 20.2. The van der Waals surface area contributed by atoms with Crippen molar-refractivity contribution in [2.24, 2.45) is 0 Å². The van der Waals surface area contributed by atoms with Crippen LogP contribution in [0, 0.1) is 10.1 Å². The highest BCUT2D eigenvalue weighted by Gasteiger charge is 2.36. The summed E-state index contributed by atoms with van der Waals surface area (Å²) in [5.41, 5.74) is 9.59. The van der Waals surface area contributed by atoms with Crippen LogP contribution in [0.15, 0.2) is 47.6 Å². The van der Waals surface area contributed by atoms with Gasteiger partial charge < -0.3 is 25.6 Å². The minimum absolute atomic E-state index is 0.0323. The van der Waals surface area contributed by atoms with Gasteiger partial charge in [0.25, 0.3) is 5.69 Å². The number of amides is 1. The second kappa shape index (κ2) is 13.1. The Morgan fingerprint density at radius 3 is 2.42 bits per heavy atom. The van der Waals surface area contributed by atoms with Crippen molar-refractivity contribution >= 4 is 35.2 Å². The molecule has 5 rings (SSSR count). The van der Waals surface area contributed by atoms with Crippen molar-refractivity contribution in [3.05, 3.63) is 64.0 Å². The smallest absolute Gasteiger partial charge is 0.407 e. The summed E-state index contributed by atoms with van der Waals surface area (Å²) in [5.74, 6) is 0.591. The van der Waals surface area contributed by atoms with Crippen molar-refractivity contribution in [1.29, 1.82) is 0 Å². The number of hydrogen-bond acceptors (Lipinski definition) is 10.